The molecule has 6 heteroatoms. The lowest BCUT2D eigenvalue weighted by Crippen LogP contribution is -2.04. The highest BCUT2D eigenvalue weighted by Crippen LogP contribution is 2.31. The molecule has 0 atom stereocenters. The van der Waals surface area contributed by atoms with Gasteiger partial charge in [-0.1, -0.05) is 11.6 Å². The van der Waals surface area contributed by atoms with Crippen LogP contribution in [0.2, 0.25) is 5.02 Å². The number of hydrogen-bond acceptors (Lipinski definition) is 4. The van der Waals surface area contributed by atoms with E-state index in [1.165, 1.54) is 19.5 Å². The molecule has 0 fully saturated rings. The Hall–Kier alpha value is -2.27. The summed E-state index contributed by atoms with van der Waals surface area (Å²) in [6, 6.07) is 6.62. The maximum Gasteiger partial charge on any atom is 0.339 e. The van der Waals surface area contributed by atoms with Crippen LogP contribution in [0.25, 0.3) is 0 Å². The van der Waals surface area contributed by atoms with Gasteiger partial charge in [-0.15, -0.1) is 0 Å². The Morgan fingerprint density at radius 1 is 1.37 bits per heavy atom. The Morgan fingerprint density at radius 2 is 2.16 bits per heavy atom. The van der Waals surface area contributed by atoms with Crippen LogP contribution < -0.4 is 10.1 Å². The standard InChI is InChI=1S/C13H11ClN2O3/c1-19-12-3-2-8(14)6-11(12)16-10-4-5-15-7-9(10)13(17)18/h2-7H,1H3,(H,15,16)(H,17,18). The molecular formula is C13H11ClN2O3. The number of carboxylic acid groups (broad SMARTS) is 1. The fourth-order valence-electron chi connectivity index (χ4n) is 1.60. The summed E-state index contributed by atoms with van der Waals surface area (Å²) in [5, 5.41) is 12.6. The molecule has 2 N–H and O–H groups in total. The van der Waals surface area contributed by atoms with Crippen LogP contribution in [0.1, 0.15) is 10.4 Å². The monoisotopic (exact) mass is 278 g/mol. The number of aromatic nitrogens is 1. The number of anilines is 2. The van der Waals surface area contributed by atoms with E-state index in [-0.39, 0.29) is 5.56 Å². The summed E-state index contributed by atoms with van der Waals surface area (Å²) in [4.78, 5) is 14.9. The van der Waals surface area contributed by atoms with Crippen LogP contribution in [0.5, 0.6) is 5.75 Å². The number of carbonyl (C=O) groups is 1. The summed E-state index contributed by atoms with van der Waals surface area (Å²) in [6.07, 6.45) is 2.79. The number of ether oxygens (including phenoxy) is 1. The number of pyridine rings is 1. The number of aromatic carboxylic acids is 1. The third-order valence-corrected chi connectivity index (χ3v) is 2.72. The van der Waals surface area contributed by atoms with E-state index >= 15 is 0 Å². The van der Waals surface area contributed by atoms with E-state index in [4.69, 9.17) is 21.4 Å². The normalized spacial score (nSPS) is 10.0. The molecule has 0 saturated heterocycles. The zero-order valence-electron chi connectivity index (χ0n) is 10.1. The molecule has 1 aromatic carbocycles. The molecule has 5 nitrogen and oxygen atoms in total. The van der Waals surface area contributed by atoms with E-state index in [0.717, 1.165) is 0 Å². The van der Waals surface area contributed by atoms with Crippen LogP contribution in [0, 0.1) is 0 Å². The Morgan fingerprint density at radius 3 is 2.84 bits per heavy atom. The van der Waals surface area contributed by atoms with Gasteiger partial charge in [0, 0.05) is 17.4 Å². The average molecular weight is 279 g/mol. The zero-order chi connectivity index (χ0) is 13.8. The summed E-state index contributed by atoms with van der Waals surface area (Å²) in [5.74, 6) is -0.492. The highest BCUT2D eigenvalue weighted by molar-refractivity contribution is 6.31. The lowest BCUT2D eigenvalue weighted by molar-refractivity contribution is 0.0697. The van der Waals surface area contributed by atoms with Crippen molar-refractivity contribution in [2.24, 2.45) is 0 Å². The molecule has 1 aromatic heterocycles. The molecule has 0 aliphatic carbocycles. The minimum Gasteiger partial charge on any atom is -0.495 e. The van der Waals surface area contributed by atoms with Gasteiger partial charge in [-0.2, -0.15) is 0 Å². The first kappa shape index (κ1) is 13.2. The quantitative estimate of drug-likeness (QED) is 0.899. The van der Waals surface area contributed by atoms with Crippen molar-refractivity contribution >= 4 is 28.9 Å². The lowest BCUT2D eigenvalue weighted by Gasteiger charge is -2.12. The molecular weight excluding hydrogens is 268 g/mol. The van der Waals surface area contributed by atoms with Gasteiger partial charge in [0.05, 0.1) is 18.5 Å². The predicted octanol–water partition coefficient (Wildman–Crippen LogP) is 3.19. The summed E-state index contributed by atoms with van der Waals surface area (Å²) >= 11 is 5.92. The first-order valence-corrected chi connectivity index (χ1v) is 5.77. The maximum absolute atomic E-state index is 11.1. The number of nitrogens with one attached hydrogen (secondary N) is 1. The van der Waals surface area contributed by atoms with Crippen LogP contribution in [0.3, 0.4) is 0 Å². The SMILES string of the molecule is COc1ccc(Cl)cc1Nc1ccncc1C(=O)O. The fourth-order valence-corrected chi connectivity index (χ4v) is 1.77. The largest absolute Gasteiger partial charge is 0.495 e. The second kappa shape index (κ2) is 5.58. The van der Waals surface area contributed by atoms with E-state index in [9.17, 15) is 4.79 Å². The lowest BCUT2D eigenvalue weighted by atomic mass is 10.2. The van der Waals surface area contributed by atoms with Crippen molar-refractivity contribution in [3.05, 3.63) is 47.2 Å². The summed E-state index contributed by atoms with van der Waals surface area (Å²) in [6.45, 7) is 0. The molecule has 0 aliphatic heterocycles. The molecule has 1 heterocycles. The fraction of sp³-hybridized carbons (Fsp3) is 0.0769. The first-order valence-electron chi connectivity index (χ1n) is 5.39. The van der Waals surface area contributed by atoms with Crippen molar-refractivity contribution in [2.45, 2.75) is 0 Å². The minimum atomic E-state index is -1.06. The highest BCUT2D eigenvalue weighted by Gasteiger charge is 2.12. The van der Waals surface area contributed by atoms with E-state index < -0.39 is 5.97 Å². The Kier molecular flexibility index (Phi) is 3.87. The van der Waals surface area contributed by atoms with Gasteiger partial charge in [-0.25, -0.2) is 4.79 Å². The second-order valence-electron chi connectivity index (χ2n) is 3.70. The van der Waals surface area contributed by atoms with Crippen molar-refractivity contribution in [3.8, 4) is 5.75 Å². The van der Waals surface area contributed by atoms with Crippen LogP contribution in [-0.4, -0.2) is 23.2 Å². The first-order chi connectivity index (χ1) is 9.11. The molecule has 19 heavy (non-hydrogen) atoms. The summed E-state index contributed by atoms with van der Waals surface area (Å²) in [5.41, 5.74) is 1.08. The van der Waals surface area contributed by atoms with Crippen molar-refractivity contribution in [1.82, 2.24) is 4.98 Å². The molecule has 0 unspecified atom stereocenters. The van der Waals surface area contributed by atoms with Crippen LogP contribution in [0.15, 0.2) is 36.7 Å². The molecule has 0 bridgehead atoms. The highest BCUT2D eigenvalue weighted by atomic mass is 35.5. The van der Waals surface area contributed by atoms with Crippen LogP contribution >= 0.6 is 11.6 Å². The van der Waals surface area contributed by atoms with Crippen LogP contribution in [0.4, 0.5) is 11.4 Å². The summed E-state index contributed by atoms with van der Waals surface area (Å²) < 4.78 is 5.19. The number of benzene rings is 1. The Balaban J connectivity index is 2.41. The molecule has 2 aromatic rings. The van der Waals surface area contributed by atoms with Gasteiger partial charge in [0.1, 0.15) is 11.3 Å². The third-order valence-electron chi connectivity index (χ3n) is 2.48. The molecule has 0 spiro atoms. The van der Waals surface area contributed by atoms with E-state index in [1.54, 1.807) is 24.3 Å². The smallest absolute Gasteiger partial charge is 0.339 e. The molecule has 0 aliphatic rings. The number of rotatable bonds is 4. The summed E-state index contributed by atoms with van der Waals surface area (Å²) in [7, 11) is 1.53. The number of nitrogens with zero attached hydrogens (tertiary/aromatic N) is 1. The Labute approximate surface area is 114 Å². The van der Waals surface area contributed by atoms with E-state index in [2.05, 4.69) is 10.3 Å². The number of hydrogen-bond donors (Lipinski definition) is 2. The second-order valence-corrected chi connectivity index (χ2v) is 4.13. The molecule has 98 valence electrons. The van der Waals surface area contributed by atoms with Gasteiger partial charge >= 0.3 is 5.97 Å². The van der Waals surface area contributed by atoms with Gasteiger partial charge in [0.2, 0.25) is 0 Å². The number of halogens is 1. The third kappa shape index (κ3) is 2.95. The van der Waals surface area contributed by atoms with E-state index in [1.807, 2.05) is 0 Å². The van der Waals surface area contributed by atoms with Crippen molar-refractivity contribution < 1.29 is 14.6 Å². The molecule has 0 radical (unpaired) electrons. The van der Waals surface area contributed by atoms with Crippen molar-refractivity contribution in [3.63, 3.8) is 0 Å². The average Bonchev–Trinajstić information content (AvgIpc) is 2.39. The van der Waals surface area contributed by atoms with E-state index in [0.29, 0.717) is 22.1 Å². The molecule has 0 saturated carbocycles. The van der Waals surface area contributed by atoms with Crippen molar-refractivity contribution in [1.29, 1.82) is 0 Å². The zero-order valence-corrected chi connectivity index (χ0v) is 10.8. The molecule has 2 rings (SSSR count). The topological polar surface area (TPSA) is 71.5 Å². The van der Waals surface area contributed by atoms with Gasteiger partial charge in [0.15, 0.2) is 0 Å². The van der Waals surface area contributed by atoms with Gasteiger partial charge in [-0.05, 0) is 24.3 Å². The predicted molar refractivity (Wildman–Crippen MR) is 72.5 cm³/mol. The maximum atomic E-state index is 11.1. The van der Waals surface area contributed by atoms with Crippen LogP contribution in [-0.2, 0) is 0 Å². The number of carboxylic acids is 1. The molecule has 0 amide bonds. The van der Waals surface area contributed by atoms with Gasteiger partial charge < -0.3 is 15.2 Å². The minimum absolute atomic E-state index is 0.0736. The Bertz CT molecular complexity index is 617. The van der Waals surface area contributed by atoms with Gasteiger partial charge in [-0.3, -0.25) is 4.98 Å². The number of methoxy groups -OCH3 is 1. The van der Waals surface area contributed by atoms with Crippen molar-refractivity contribution in [2.75, 3.05) is 12.4 Å². The van der Waals surface area contributed by atoms with Gasteiger partial charge in [0.25, 0.3) is 0 Å².